The molecule has 0 bridgehead atoms. The average Bonchev–Trinajstić information content (AvgIpc) is 2.98. The zero-order valence-electron chi connectivity index (χ0n) is 25.5. The van der Waals surface area contributed by atoms with Gasteiger partial charge in [0.25, 0.3) is 0 Å². The van der Waals surface area contributed by atoms with Crippen LogP contribution in [0.1, 0.15) is 62.3 Å². The van der Waals surface area contributed by atoms with Gasteiger partial charge in [0, 0.05) is 15.0 Å². The molecule has 2 heterocycles. The Morgan fingerprint density at radius 3 is 1.67 bits per heavy atom. The Hall–Kier alpha value is -2.95. The van der Waals surface area contributed by atoms with Gasteiger partial charge in [0.05, 0.1) is 17.7 Å². The molecule has 3 aromatic carbocycles. The summed E-state index contributed by atoms with van der Waals surface area (Å²) in [6.45, 7) is 13.0. The first-order valence-electron chi connectivity index (χ1n) is 14.6. The summed E-state index contributed by atoms with van der Waals surface area (Å²) in [6, 6.07) is 27.3. The molecule has 2 saturated heterocycles. The maximum Gasteiger partial charge on any atom is 0.349 e. The normalized spacial score (nSPS) is 25.3. The quantitative estimate of drug-likeness (QED) is 0.208. The number of benzene rings is 3. The van der Waals surface area contributed by atoms with Gasteiger partial charge in [-0.2, -0.15) is 0 Å². The van der Waals surface area contributed by atoms with Crippen molar-refractivity contribution < 1.29 is 32.7 Å². The van der Waals surface area contributed by atoms with E-state index >= 15 is 0 Å². The Labute approximate surface area is 259 Å². The summed E-state index contributed by atoms with van der Waals surface area (Å²) in [4.78, 5) is 28.1. The number of fused-ring (bicyclic) bond motifs is 1. The molecular formula is C34H40O7SSi. The third kappa shape index (κ3) is 6.61. The molecule has 0 aromatic heterocycles. The first-order valence-corrected chi connectivity index (χ1v) is 17.3. The van der Waals surface area contributed by atoms with Gasteiger partial charge >= 0.3 is 20.5 Å². The second-order valence-corrected chi connectivity index (χ2v) is 18.9. The predicted octanol–water partition coefficient (Wildman–Crippen LogP) is 7.41. The highest BCUT2D eigenvalue weighted by Gasteiger charge is 2.65. The number of ether oxygens (including phenoxy) is 3. The lowest BCUT2D eigenvalue weighted by atomic mass is 9.99. The summed E-state index contributed by atoms with van der Waals surface area (Å²) in [7, 11) is -3.01. The minimum absolute atomic E-state index is 0.274. The maximum absolute atomic E-state index is 13.6. The van der Waals surface area contributed by atoms with E-state index in [2.05, 4.69) is 41.5 Å². The second-order valence-electron chi connectivity index (χ2n) is 13.0. The van der Waals surface area contributed by atoms with Crippen LogP contribution in [0.5, 0.6) is 0 Å². The smallest absolute Gasteiger partial charge is 0.349 e. The van der Waals surface area contributed by atoms with Gasteiger partial charge in [-0.1, -0.05) is 108 Å². The molecule has 3 unspecified atom stereocenters. The molecule has 2 aliphatic heterocycles. The van der Waals surface area contributed by atoms with Crippen LogP contribution in [0.15, 0.2) is 95.9 Å². The largest absolute Gasteiger partial charge is 0.452 e. The van der Waals surface area contributed by atoms with Crippen LogP contribution in [0.25, 0.3) is 0 Å². The lowest BCUT2D eigenvalue weighted by Crippen LogP contribution is -2.71. The highest BCUT2D eigenvalue weighted by atomic mass is 32.2. The van der Waals surface area contributed by atoms with Crippen molar-refractivity contribution in [1.82, 2.24) is 0 Å². The number of hydrogen-bond donors (Lipinski definition) is 0. The molecule has 228 valence electrons. The fourth-order valence-corrected chi connectivity index (χ4v) is 12.1. The Morgan fingerprint density at radius 1 is 0.721 bits per heavy atom. The van der Waals surface area contributed by atoms with Crippen molar-refractivity contribution in [3.05, 3.63) is 102 Å². The molecule has 0 radical (unpaired) electrons. The summed E-state index contributed by atoms with van der Waals surface area (Å²) in [6.07, 6.45) is -3.20. The van der Waals surface area contributed by atoms with Crippen molar-refractivity contribution in [2.75, 3.05) is 6.61 Å². The minimum Gasteiger partial charge on any atom is -0.452 e. The maximum atomic E-state index is 13.6. The zero-order valence-corrected chi connectivity index (χ0v) is 27.3. The number of hydrogen-bond acceptors (Lipinski definition) is 8. The number of carbonyl (C=O) groups is 2. The van der Waals surface area contributed by atoms with Crippen molar-refractivity contribution in [1.29, 1.82) is 0 Å². The van der Waals surface area contributed by atoms with Gasteiger partial charge < -0.3 is 23.1 Å². The lowest BCUT2D eigenvalue weighted by Gasteiger charge is -2.57. The molecule has 0 aliphatic carbocycles. The van der Waals surface area contributed by atoms with Gasteiger partial charge in [0.15, 0.2) is 12.2 Å². The third-order valence-corrected chi connectivity index (χ3v) is 14.1. The van der Waals surface area contributed by atoms with E-state index in [1.165, 1.54) is 11.8 Å². The molecule has 5 rings (SSSR count). The Morgan fingerprint density at radius 2 is 1.19 bits per heavy atom. The highest BCUT2D eigenvalue weighted by molar-refractivity contribution is 7.99. The van der Waals surface area contributed by atoms with Gasteiger partial charge in [0.2, 0.25) is 0 Å². The van der Waals surface area contributed by atoms with Crippen molar-refractivity contribution >= 4 is 32.3 Å². The van der Waals surface area contributed by atoms with Crippen LogP contribution in [-0.2, 0) is 23.1 Å². The van der Waals surface area contributed by atoms with Gasteiger partial charge in [-0.25, -0.2) is 9.59 Å². The van der Waals surface area contributed by atoms with E-state index < -0.39 is 50.4 Å². The molecule has 0 saturated carbocycles. The van der Waals surface area contributed by atoms with Crippen molar-refractivity contribution in [3.63, 3.8) is 0 Å². The molecule has 2 fully saturated rings. The lowest BCUT2D eigenvalue weighted by molar-refractivity contribution is -0.223. The van der Waals surface area contributed by atoms with E-state index in [9.17, 15) is 9.59 Å². The fourth-order valence-electron chi connectivity index (χ4n) is 6.01. The van der Waals surface area contributed by atoms with E-state index in [-0.39, 0.29) is 16.7 Å². The average molecular weight is 621 g/mol. The molecule has 3 aromatic rings. The van der Waals surface area contributed by atoms with Gasteiger partial charge in [-0.3, -0.25) is 0 Å². The monoisotopic (exact) mass is 620 g/mol. The van der Waals surface area contributed by atoms with Crippen LogP contribution in [0.3, 0.4) is 0 Å². The second kappa shape index (κ2) is 12.6. The molecule has 43 heavy (non-hydrogen) atoms. The van der Waals surface area contributed by atoms with Crippen LogP contribution in [0.2, 0.25) is 10.1 Å². The van der Waals surface area contributed by atoms with Gasteiger partial charge in [-0.05, 0) is 36.4 Å². The van der Waals surface area contributed by atoms with E-state index in [4.69, 9.17) is 23.1 Å². The highest BCUT2D eigenvalue weighted by Crippen LogP contribution is 2.55. The number of rotatable bonds is 6. The molecule has 7 nitrogen and oxygen atoms in total. The van der Waals surface area contributed by atoms with Crippen molar-refractivity contribution in [2.45, 2.75) is 86.4 Å². The van der Waals surface area contributed by atoms with Gasteiger partial charge in [0.1, 0.15) is 17.6 Å². The third-order valence-electron chi connectivity index (χ3n) is 7.82. The standard InChI is InChI=1S/C34H40O7SSi/c1-33(2,3)43(34(4,5)6)37-22-26-27(41-43)28(39-30(35)23-16-10-7-11-17-23)29(40-31(36)24-18-12-8-13-19-24)32(38-26)42-25-20-14-9-15-21-25/h7-21,26-29,32H,22H2,1-6H3/t26?,27-,28?,29?,32-/m0/s1. The fraction of sp³-hybridized carbons (Fsp3) is 0.412. The molecule has 0 spiro atoms. The van der Waals surface area contributed by atoms with E-state index in [0.717, 1.165) is 4.90 Å². The van der Waals surface area contributed by atoms with Gasteiger partial charge in [-0.15, -0.1) is 0 Å². The summed E-state index contributed by atoms with van der Waals surface area (Å²) >= 11 is 1.41. The Kier molecular flexibility index (Phi) is 9.20. The van der Waals surface area contributed by atoms with Crippen LogP contribution < -0.4 is 0 Å². The minimum atomic E-state index is -3.01. The first-order chi connectivity index (χ1) is 20.4. The summed E-state index contributed by atoms with van der Waals surface area (Å²) in [5.74, 6) is -1.06. The molecule has 0 N–H and O–H groups in total. The van der Waals surface area contributed by atoms with Crippen molar-refractivity contribution in [2.24, 2.45) is 0 Å². The predicted molar refractivity (Wildman–Crippen MR) is 168 cm³/mol. The van der Waals surface area contributed by atoms with Crippen LogP contribution >= 0.6 is 11.8 Å². The summed E-state index contributed by atoms with van der Waals surface area (Å²) < 4.78 is 33.0. The summed E-state index contributed by atoms with van der Waals surface area (Å²) in [5.41, 5.74) is 0.0888. The number of carbonyl (C=O) groups excluding carboxylic acids is 2. The molecule has 5 atom stereocenters. The molecule has 9 heteroatoms. The number of esters is 2. The Balaban J connectivity index is 1.58. The topological polar surface area (TPSA) is 80.3 Å². The SMILES string of the molecule is CC(C)(C)[Si]1(C(C)(C)C)OCC2O[C@@H](Sc3ccccc3)C(OC(=O)c3ccccc3)C(OC(=O)c3ccccc3)[C@H]2O1. The summed E-state index contributed by atoms with van der Waals surface area (Å²) in [5, 5.41) is -0.647. The molecule has 0 amide bonds. The van der Waals surface area contributed by atoms with E-state index in [1.807, 2.05) is 42.5 Å². The van der Waals surface area contributed by atoms with E-state index in [0.29, 0.717) is 11.1 Å². The van der Waals surface area contributed by atoms with E-state index in [1.54, 1.807) is 48.5 Å². The Bertz CT molecular complexity index is 1370. The van der Waals surface area contributed by atoms with Crippen molar-refractivity contribution in [3.8, 4) is 0 Å². The van der Waals surface area contributed by atoms with Crippen LogP contribution in [0.4, 0.5) is 0 Å². The zero-order chi connectivity index (χ0) is 30.8. The number of thioether (sulfide) groups is 1. The van der Waals surface area contributed by atoms with Crippen LogP contribution in [-0.4, -0.2) is 57.0 Å². The molecule has 2 aliphatic rings. The molecular weight excluding hydrogens is 581 g/mol. The van der Waals surface area contributed by atoms with Crippen LogP contribution in [0, 0.1) is 0 Å². The first kappa shape index (κ1) is 31.5.